The first-order valence-electron chi connectivity index (χ1n) is 12.8. The molecule has 0 spiro atoms. The van der Waals surface area contributed by atoms with Crippen LogP contribution in [0.15, 0.2) is 66.8 Å². The van der Waals surface area contributed by atoms with E-state index >= 15 is 0 Å². The molecule has 0 saturated carbocycles. The van der Waals surface area contributed by atoms with Crippen molar-refractivity contribution in [1.82, 2.24) is 10.6 Å². The number of imide groups is 2. The summed E-state index contributed by atoms with van der Waals surface area (Å²) in [6, 6.07) is 9.14. The van der Waals surface area contributed by atoms with Crippen LogP contribution in [-0.4, -0.2) is 59.0 Å². The maximum absolute atomic E-state index is 13.2. The number of carbonyl (C=O) groups excluding carboxylic acids is 7. The molecule has 0 aromatic heterocycles. The van der Waals surface area contributed by atoms with Gasteiger partial charge in [0.1, 0.15) is 6.04 Å². The van der Waals surface area contributed by atoms with Gasteiger partial charge in [-0.05, 0) is 41.8 Å². The summed E-state index contributed by atoms with van der Waals surface area (Å²) < 4.78 is 0. The predicted octanol–water partition coefficient (Wildman–Crippen LogP) is 0.547. The second kappa shape index (κ2) is 12.4. The van der Waals surface area contributed by atoms with Gasteiger partial charge in [-0.2, -0.15) is 0 Å². The highest BCUT2D eigenvalue weighted by Crippen LogP contribution is 2.34. The SMILES string of the molecule is CC(C)C(NC(=O)c1ccc(N2C(=O)C=CC2=O)c(N2C(=O)C=CC2=O)c1)C(=O)NCC(=O)Nc1ccc(CO)cc1. The number of rotatable bonds is 10. The van der Waals surface area contributed by atoms with E-state index in [1.807, 2.05) is 0 Å². The lowest BCUT2D eigenvalue weighted by atomic mass is 10.0. The Morgan fingerprint density at radius 2 is 1.33 bits per heavy atom. The summed E-state index contributed by atoms with van der Waals surface area (Å²) in [6.07, 6.45) is 4.11. The molecular formula is C29H27N5O8. The molecule has 0 bridgehead atoms. The molecule has 2 aromatic rings. The molecule has 2 aliphatic heterocycles. The third-order valence-corrected chi connectivity index (χ3v) is 6.42. The number of amides is 7. The minimum atomic E-state index is -1.07. The highest BCUT2D eigenvalue weighted by atomic mass is 16.3. The summed E-state index contributed by atoms with van der Waals surface area (Å²) in [5.41, 5.74) is 0.840. The van der Waals surface area contributed by atoms with E-state index < -0.39 is 53.3 Å². The smallest absolute Gasteiger partial charge is 0.258 e. The second-order valence-corrected chi connectivity index (χ2v) is 9.71. The average Bonchev–Trinajstić information content (AvgIpc) is 3.48. The van der Waals surface area contributed by atoms with E-state index in [2.05, 4.69) is 16.0 Å². The van der Waals surface area contributed by atoms with Gasteiger partial charge in [-0.25, -0.2) is 9.80 Å². The summed E-state index contributed by atoms with van der Waals surface area (Å²) in [5.74, 6) is -5.12. The molecule has 0 radical (unpaired) electrons. The molecule has 2 aliphatic rings. The first-order valence-corrected chi connectivity index (χ1v) is 12.8. The van der Waals surface area contributed by atoms with Gasteiger partial charge in [0.05, 0.1) is 24.5 Å². The van der Waals surface area contributed by atoms with E-state index in [0.29, 0.717) is 11.3 Å². The van der Waals surface area contributed by atoms with Crippen LogP contribution in [0.2, 0.25) is 0 Å². The Hall–Kier alpha value is -5.43. The standard InChI is InChI=1S/C29H27N5O8/c1-16(2)27(29(42)30-14-22(36)31-19-6-3-17(15-35)4-7-19)32-28(41)18-5-8-20(33-23(37)9-10-24(33)38)21(13-18)34-25(39)11-12-26(34)40/h3-13,16,27,35H,14-15H2,1-2H3,(H,30,42)(H,31,36)(H,32,41). The van der Waals surface area contributed by atoms with Crippen LogP contribution in [0.25, 0.3) is 0 Å². The van der Waals surface area contributed by atoms with E-state index in [-0.39, 0.29) is 30.1 Å². The fourth-order valence-corrected chi connectivity index (χ4v) is 4.24. The van der Waals surface area contributed by atoms with Gasteiger partial charge in [-0.1, -0.05) is 26.0 Å². The van der Waals surface area contributed by atoms with Gasteiger partial charge in [0, 0.05) is 35.6 Å². The quantitative estimate of drug-likeness (QED) is 0.297. The summed E-state index contributed by atoms with van der Waals surface area (Å²) in [7, 11) is 0. The molecule has 42 heavy (non-hydrogen) atoms. The third kappa shape index (κ3) is 6.31. The molecule has 13 nitrogen and oxygen atoms in total. The lowest BCUT2D eigenvalue weighted by molar-refractivity contribution is -0.126. The fraction of sp³-hybridized carbons (Fsp3) is 0.207. The number of benzene rings is 2. The van der Waals surface area contributed by atoms with Crippen molar-refractivity contribution in [2.75, 3.05) is 21.7 Å². The molecule has 13 heteroatoms. The van der Waals surface area contributed by atoms with Gasteiger partial charge < -0.3 is 21.1 Å². The third-order valence-electron chi connectivity index (χ3n) is 6.42. The lowest BCUT2D eigenvalue weighted by Crippen LogP contribution is -2.51. The predicted molar refractivity (Wildman–Crippen MR) is 150 cm³/mol. The van der Waals surface area contributed by atoms with Gasteiger partial charge in [-0.15, -0.1) is 0 Å². The van der Waals surface area contributed by atoms with Gasteiger partial charge in [0.2, 0.25) is 11.8 Å². The molecule has 2 aromatic carbocycles. The van der Waals surface area contributed by atoms with Crippen LogP contribution in [-0.2, 0) is 35.4 Å². The molecule has 1 unspecified atom stereocenters. The average molecular weight is 574 g/mol. The fourth-order valence-electron chi connectivity index (χ4n) is 4.24. The van der Waals surface area contributed by atoms with Crippen molar-refractivity contribution in [3.63, 3.8) is 0 Å². The van der Waals surface area contributed by atoms with Crippen LogP contribution < -0.4 is 25.8 Å². The Morgan fingerprint density at radius 1 is 0.786 bits per heavy atom. The topological polar surface area (TPSA) is 182 Å². The van der Waals surface area contributed by atoms with E-state index in [1.165, 1.54) is 18.2 Å². The summed E-state index contributed by atoms with van der Waals surface area (Å²) in [6.45, 7) is 2.86. The molecule has 1 atom stereocenters. The van der Waals surface area contributed by atoms with Crippen molar-refractivity contribution in [3.05, 3.63) is 77.9 Å². The van der Waals surface area contributed by atoms with Gasteiger partial charge >= 0.3 is 0 Å². The number of carbonyl (C=O) groups is 7. The van der Waals surface area contributed by atoms with Gasteiger partial charge in [0.25, 0.3) is 29.5 Å². The number of aliphatic hydroxyl groups excluding tert-OH is 1. The molecule has 0 aliphatic carbocycles. The van der Waals surface area contributed by atoms with Gasteiger partial charge in [-0.3, -0.25) is 33.6 Å². The molecule has 2 heterocycles. The van der Waals surface area contributed by atoms with Crippen molar-refractivity contribution in [2.45, 2.75) is 26.5 Å². The summed E-state index contributed by atoms with van der Waals surface area (Å²) in [5, 5.41) is 16.8. The Kier molecular flexibility index (Phi) is 8.72. The lowest BCUT2D eigenvalue weighted by Gasteiger charge is -2.25. The van der Waals surface area contributed by atoms with Crippen molar-refractivity contribution in [1.29, 1.82) is 0 Å². The Morgan fingerprint density at radius 3 is 1.86 bits per heavy atom. The Balaban J connectivity index is 1.49. The minimum Gasteiger partial charge on any atom is -0.392 e. The van der Waals surface area contributed by atoms with Crippen LogP contribution in [0.3, 0.4) is 0 Å². The van der Waals surface area contributed by atoms with Crippen LogP contribution in [0.4, 0.5) is 17.1 Å². The van der Waals surface area contributed by atoms with Crippen molar-refractivity contribution < 1.29 is 38.7 Å². The monoisotopic (exact) mass is 573 g/mol. The van der Waals surface area contributed by atoms with Crippen LogP contribution >= 0.6 is 0 Å². The van der Waals surface area contributed by atoms with Crippen LogP contribution in [0.5, 0.6) is 0 Å². The first-order chi connectivity index (χ1) is 20.0. The van der Waals surface area contributed by atoms with E-state index in [0.717, 1.165) is 34.1 Å². The van der Waals surface area contributed by atoms with Crippen molar-refractivity contribution in [2.24, 2.45) is 5.92 Å². The van der Waals surface area contributed by atoms with Gasteiger partial charge in [0.15, 0.2) is 0 Å². The molecule has 0 fully saturated rings. The normalized spacial score (nSPS) is 15.0. The van der Waals surface area contributed by atoms with Crippen LogP contribution in [0.1, 0.15) is 29.8 Å². The maximum Gasteiger partial charge on any atom is 0.258 e. The molecule has 4 rings (SSSR count). The second-order valence-electron chi connectivity index (χ2n) is 9.71. The summed E-state index contributed by atoms with van der Waals surface area (Å²) >= 11 is 0. The minimum absolute atomic E-state index is 0.0594. The molecule has 0 saturated heterocycles. The first kappa shape index (κ1) is 29.6. The number of hydrogen-bond donors (Lipinski definition) is 4. The number of aliphatic hydroxyl groups is 1. The van der Waals surface area contributed by atoms with E-state index in [9.17, 15) is 33.6 Å². The van der Waals surface area contributed by atoms with Crippen LogP contribution in [0, 0.1) is 5.92 Å². The zero-order chi connectivity index (χ0) is 30.6. The molecule has 216 valence electrons. The highest BCUT2D eigenvalue weighted by Gasteiger charge is 2.34. The van der Waals surface area contributed by atoms with Crippen molar-refractivity contribution in [3.8, 4) is 0 Å². The number of nitrogens with zero attached hydrogens (tertiary/aromatic N) is 2. The largest absolute Gasteiger partial charge is 0.392 e. The number of hydrogen-bond acceptors (Lipinski definition) is 8. The molecule has 4 N–H and O–H groups in total. The Bertz CT molecular complexity index is 1510. The zero-order valence-corrected chi connectivity index (χ0v) is 22.6. The van der Waals surface area contributed by atoms with E-state index in [4.69, 9.17) is 5.11 Å². The van der Waals surface area contributed by atoms with Crippen molar-refractivity contribution >= 4 is 58.4 Å². The zero-order valence-electron chi connectivity index (χ0n) is 22.6. The number of anilines is 3. The molecular weight excluding hydrogens is 546 g/mol. The Labute approximate surface area is 239 Å². The summed E-state index contributed by atoms with van der Waals surface area (Å²) in [4.78, 5) is 89.5. The number of nitrogens with one attached hydrogen (secondary N) is 3. The highest BCUT2D eigenvalue weighted by molar-refractivity contribution is 6.33. The van der Waals surface area contributed by atoms with E-state index in [1.54, 1.807) is 38.1 Å². The molecule has 7 amide bonds. The maximum atomic E-state index is 13.2.